The summed E-state index contributed by atoms with van der Waals surface area (Å²) in [7, 11) is 0. The Bertz CT molecular complexity index is 1930. The van der Waals surface area contributed by atoms with Gasteiger partial charge in [0.2, 0.25) is 5.95 Å². The maximum Gasteiger partial charge on any atom is 0.258 e. The number of terminal acetylenes is 1. The molecule has 0 aliphatic carbocycles. The molecule has 3 heterocycles. The first-order valence-corrected chi connectivity index (χ1v) is 16.5. The highest BCUT2D eigenvalue weighted by molar-refractivity contribution is 7.13. The molecule has 0 spiro atoms. The zero-order valence-electron chi connectivity index (χ0n) is 26.3. The van der Waals surface area contributed by atoms with Crippen molar-refractivity contribution in [2.75, 3.05) is 48.7 Å². The fraction of sp³-hybridized carbons (Fsp3) is 0.158. The Morgan fingerprint density at radius 1 is 0.938 bits per heavy atom. The van der Waals surface area contributed by atoms with Gasteiger partial charge in [0, 0.05) is 55.6 Å². The molecule has 6 rings (SSSR count). The van der Waals surface area contributed by atoms with E-state index < -0.39 is 0 Å². The van der Waals surface area contributed by atoms with Gasteiger partial charge in [0.15, 0.2) is 0 Å². The van der Waals surface area contributed by atoms with Crippen molar-refractivity contribution < 1.29 is 9.59 Å². The van der Waals surface area contributed by atoms with Crippen LogP contribution in [0.2, 0.25) is 0 Å². The third kappa shape index (κ3) is 7.96. The average Bonchev–Trinajstić information content (AvgIpc) is 3.68. The van der Waals surface area contributed by atoms with Crippen LogP contribution in [0.15, 0.2) is 109 Å². The van der Waals surface area contributed by atoms with E-state index in [0.717, 1.165) is 29.1 Å². The molecule has 1 saturated heterocycles. The molecular formula is C38H35N7O2S. The highest BCUT2D eigenvalue weighted by Crippen LogP contribution is 2.30. The molecule has 48 heavy (non-hydrogen) atoms. The number of piperazine rings is 1. The Morgan fingerprint density at radius 2 is 1.69 bits per heavy atom. The van der Waals surface area contributed by atoms with Crippen molar-refractivity contribution in [3.05, 3.63) is 131 Å². The predicted octanol–water partition coefficient (Wildman–Crippen LogP) is 5.65. The Balaban J connectivity index is 1.07. The van der Waals surface area contributed by atoms with Gasteiger partial charge in [0.1, 0.15) is 0 Å². The lowest BCUT2D eigenvalue weighted by Gasteiger charge is -2.36. The Labute approximate surface area is 284 Å². The maximum atomic E-state index is 13.3. The van der Waals surface area contributed by atoms with Gasteiger partial charge in [-0.25, -0.2) is 9.97 Å². The maximum absolute atomic E-state index is 13.3. The lowest BCUT2D eigenvalue weighted by Crippen LogP contribution is -2.51. The number of rotatable bonds is 10. The van der Waals surface area contributed by atoms with Crippen molar-refractivity contribution in [3.8, 4) is 22.8 Å². The first-order valence-electron chi connectivity index (χ1n) is 15.6. The summed E-state index contributed by atoms with van der Waals surface area (Å²) in [5.41, 5.74) is 10.6. The van der Waals surface area contributed by atoms with Crippen LogP contribution in [0, 0.1) is 12.3 Å². The lowest BCUT2D eigenvalue weighted by atomic mass is 10.1. The summed E-state index contributed by atoms with van der Waals surface area (Å²) in [6.07, 6.45) is 12.8. The number of amides is 2. The Morgan fingerprint density at radius 3 is 2.42 bits per heavy atom. The van der Waals surface area contributed by atoms with E-state index in [2.05, 4.69) is 36.3 Å². The van der Waals surface area contributed by atoms with Crippen molar-refractivity contribution >= 4 is 46.6 Å². The summed E-state index contributed by atoms with van der Waals surface area (Å²) in [5.74, 6) is 2.63. The molecule has 2 amide bonds. The fourth-order valence-electron chi connectivity index (χ4n) is 5.46. The first-order chi connectivity index (χ1) is 23.5. The zero-order chi connectivity index (χ0) is 33.3. The van der Waals surface area contributed by atoms with Gasteiger partial charge < -0.3 is 21.3 Å². The minimum absolute atomic E-state index is 0.208. The monoisotopic (exact) mass is 653 g/mol. The number of nitrogens with zero attached hydrogens (tertiary/aromatic N) is 4. The number of anilines is 3. The summed E-state index contributed by atoms with van der Waals surface area (Å²) in [6, 6.07) is 26.5. The fourth-order valence-corrected chi connectivity index (χ4v) is 6.19. The summed E-state index contributed by atoms with van der Waals surface area (Å²) < 4.78 is 0. The first kappa shape index (κ1) is 32.2. The van der Waals surface area contributed by atoms with E-state index in [9.17, 15) is 9.59 Å². The van der Waals surface area contributed by atoms with Gasteiger partial charge in [-0.15, -0.1) is 17.8 Å². The van der Waals surface area contributed by atoms with Gasteiger partial charge in [-0.1, -0.05) is 72.7 Å². The molecule has 1 fully saturated rings. The normalized spacial score (nSPS) is 13.9. The van der Waals surface area contributed by atoms with Gasteiger partial charge in [-0.05, 0) is 46.8 Å². The van der Waals surface area contributed by atoms with Crippen LogP contribution in [0.3, 0.4) is 0 Å². The SMILES string of the molecule is C#Cc1ccccc1C(=O)NC(/C=C/c1ccccc1)CN1CCN(c2ncc(C(=O)Nc3cc(-c4cccs4)ccc3N)cn2)CC1. The molecule has 0 saturated carbocycles. The molecule has 0 bridgehead atoms. The Kier molecular flexibility index (Phi) is 10.2. The van der Waals surface area contributed by atoms with Gasteiger partial charge in [-0.2, -0.15) is 0 Å². The lowest BCUT2D eigenvalue weighted by molar-refractivity contribution is 0.0933. The number of hydrogen-bond acceptors (Lipinski definition) is 8. The molecule has 0 radical (unpaired) electrons. The van der Waals surface area contributed by atoms with Crippen molar-refractivity contribution in [2.45, 2.75) is 6.04 Å². The number of nitrogen functional groups attached to an aromatic ring is 1. The molecular weight excluding hydrogens is 619 g/mol. The second kappa shape index (κ2) is 15.2. The molecule has 1 aliphatic heterocycles. The van der Waals surface area contributed by atoms with Crippen molar-refractivity contribution in [2.24, 2.45) is 0 Å². The van der Waals surface area contributed by atoms with Gasteiger partial charge in [-0.3, -0.25) is 14.5 Å². The van der Waals surface area contributed by atoms with Crippen LogP contribution in [0.4, 0.5) is 17.3 Å². The largest absolute Gasteiger partial charge is 0.397 e. The molecule has 5 aromatic rings. The molecule has 10 heteroatoms. The Hall–Kier alpha value is -5.76. The summed E-state index contributed by atoms with van der Waals surface area (Å²) in [5, 5.41) is 8.07. The van der Waals surface area contributed by atoms with E-state index >= 15 is 0 Å². The van der Waals surface area contributed by atoms with E-state index in [0.29, 0.717) is 53.6 Å². The standard InChI is InChI=1S/C38H35N7O2S/c1-2-28-11-6-7-12-32(28)37(47)42-31(16-14-27-9-4-3-5-10-27)26-44-18-20-45(21-19-44)38-40-24-30(25-41-38)36(46)43-34-23-29(15-17-33(34)39)35-13-8-22-48-35/h1,3-17,22-25,31H,18-21,26,39H2,(H,42,47)(H,43,46)/b16-14+. The quantitative estimate of drug-likeness (QED) is 0.132. The number of hydrogen-bond donors (Lipinski definition) is 3. The number of benzene rings is 3. The second-order valence-corrected chi connectivity index (χ2v) is 12.3. The average molecular weight is 654 g/mol. The van der Waals surface area contributed by atoms with Crippen molar-refractivity contribution in [3.63, 3.8) is 0 Å². The van der Waals surface area contributed by atoms with Crippen LogP contribution in [-0.4, -0.2) is 65.4 Å². The molecule has 3 aromatic carbocycles. The number of carbonyl (C=O) groups is 2. The number of nitrogens with two attached hydrogens (primary N) is 1. The smallest absolute Gasteiger partial charge is 0.258 e. The van der Waals surface area contributed by atoms with Gasteiger partial charge in [0.25, 0.3) is 11.8 Å². The van der Waals surface area contributed by atoms with E-state index in [1.54, 1.807) is 29.5 Å². The van der Waals surface area contributed by atoms with Crippen LogP contribution < -0.4 is 21.3 Å². The van der Waals surface area contributed by atoms with E-state index in [1.807, 2.05) is 84.3 Å². The second-order valence-electron chi connectivity index (χ2n) is 11.3. The highest BCUT2D eigenvalue weighted by atomic mass is 32.1. The topological polar surface area (TPSA) is 116 Å². The molecule has 9 nitrogen and oxygen atoms in total. The number of carbonyl (C=O) groups excluding carboxylic acids is 2. The predicted molar refractivity (Wildman–Crippen MR) is 194 cm³/mol. The van der Waals surface area contributed by atoms with Crippen molar-refractivity contribution in [1.29, 1.82) is 0 Å². The minimum atomic E-state index is -0.331. The molecule has 1 aliphatic rings. The van der Waals surface area contributed by atoms with Gasteiger partial charge in [0.05, 0.1) is 28.5 Å². The van der Waals surface area contributed by atoms with E-state index in [4.69, 9.17) is 12.2 Å². The van der Waals surface area contributed by atoms with Crippen molar-refractivity contribution in [1.82, 2.24) is 20.2 Å². The summed E-state index contributed by atoms with van der Waals surface area (Å²) >= 11 is 1.62. The third-order valence-electron chi connectivity index (χ3n) is 8.08. The highest BCUT2D eigenvalue weighted by Gasteiger charge is 2.23. The molecule has 1 unspecified atom stereocenters. The van der Waals surface area contributed by atoms with E-state index in [1.165, 1.54) is 12.4 Å². The molecule has 4 N–H and O–H groups in total. The minimum Gasteiger partial charge on any atom is -0.397 e. The zero-order valence-corrected chi connectivity index (χ0v) is 27.1. The molecule has 2 aromatic heterocycles. The summed E-state index contributed by atoms with van der Waals surface area (Å²) in [6.45, 7) is 3.51. The van der Waals surface area contributed by atoms with Gasteiger partial charge >= 0.3 is 0 Å². The van der Waals surface area contributed by atoms with Crippen LogP contribution >= 0.6 is 11.3 Å². The van der Waals surface area contributed by atoms with E-state index in [-0.39, 0.29) is 17.9 Å². The van der Waals surface area contributed by atoms with Crippen LogP contribution in [-0.2, 0) is 0 Å². The molecule has 240 valence electrons. The van der Waals surface area contributed by atoms with Crippen LogP contribution in [0.5, 0.6) is 0 Å². The number of thiophene rings is 1. The van der Waals surface area contributed by atoms with Crippen LogP contribution in [0.1, 0.15) is 31.8 Å². The van der Waals surface area contributed by atoms with Crippen LogP contribution in [0.25, 0.3) is 16.5 Å². The third-order valence-corrected chi connectivity index (χ3v) is 9.00. The summed E-state index contributed by atoms with van der Waals surface area (Å²) in [4.78, 5) is 40.8. The number of aromatic nitrogens is 2. The molecule has 1 atom stereocenters. The number of nitrogens with one attached hydrogen (secondary N) is 2.